The molecule has 0 aliphatic rings. The zero-order valence-corrected chi connectivity index (χ0v) is 7.51. The number of rotatable bonds is 2. The van der Waals surface area contributed by atoms with Gasteiger partial charge in [-0.15, -0.1) is 5.10 Å². The van der Waals surface area contributed by atoms with E-state index in [1.165, 1.54) is 0 Å². The highest BCUT2D eigenvalue weighted by molar-refractivity contribution is 5.83. The number of nitrogens with one attached hydrogen (secondary N) is 2. The molecular formula is C8H7N5O2. The van der Waals surface area contributed by atoms with Gasteiger partial charge in [0.05, 0.1) is 0 Å². The van der Waals surface area contributed by atoms with Crippen LogP contribution in [0.4, 0.5) is 10.5 Å². The molecule has 0 unspecified atom stereocenters. The number of benzene rings is 1. The molecular weight excluding hydrogens is 198 g/mol. The van der Waals surface area contributed by atoms with E-state index in [1.54, 1.807) is 24.3 Å². The second-order valence-electron chi connectivity index (χ2n) is 2.76. The minimum absolute atomic E-state index is 0.469. The highest BCUT2D eigenvalue weighted by Gasteiger charge is 2.03. The van der Waals surface area contributed by atoms with Crippen LogP contribution < -0.4 is 5.32 Å². The van der Waals surface area contributed by atoms with Crippen molar-refractivity contribution in [1.29, 1.82) is 0 Å². The Hall–Kier alpha value is -2.44. The highest BCUT2D eigenvalue weighted by Crippen LogP contribution is 2.17. The molecule has 0 radical (unpaired) electrons. The fraction of sp³-hybridized carbons (Fsp3) is 0. The number of H-pyrrole nitrogens is 1. The van der Waals surface area contributed by atoms with Gasteiger partial charge >= 0.3 is 6.09 Å². The van der Waals surface area contributed by atoms with Crippen molar-refractivity contribution in [2.45, 2.75) is 0 Å². The van der Waals surface area contributed by atoms with E-state index < -0.39 is 6.09 Å². The second kappa shape index (κ2) is 3.74. The Morgan fingerprint density at radius 2 is 2.33 bits per heavy atom. The van der Waals surface area contributed by atoms with Crippen LogP contribution in [0.25, 0.3) is 11.4 Å². The molecule has 0 bridgehead atoms. The zero-order chi connectivity index (χ0) is 10.7. The number of amides is 1. The SMILES string of the molecule is O=C(O)Nc1cccc(-c2nnn[nH]2)c1. The maximum absolute atomic E-state index is 10.4. The Labute approximate surface area is 84.1 Å². The van der Waals surface area contributed by atoms with Crippen molar-refractivity contribution in [1.82, 2.24) is 20.6 Å². The summed E-state index contributed by atoms with van der Waals surface area (Å²) in [4.78, 5) is 10.4. The molecule has 15 heavy (non-hydrogen) atoms. The number of nitrogens with zero attached hydrogens (tertiary/aromatic N) is 3. The molecule has 2 aromatic rings. The largest absolute Gasteiger partial charge is 0.465 e. The van der Waals surface area contributed by atoms with Gasteiger partial charge in [-0.3, -0.25) is 5.32 Å². The van der Waals surface area contributed by atoms with Crippen LogP contribution >= 0.6 is 0 Å². The number of carboxylic acid groups (broad SMARTS) is 1. The molecule has 1 aromatic heterocycles. The molecule has 0 aliphatic heterocycles. The summed E-state index contributed by atoms with van der Waals surface area (Å²) in [6.07, 6.45) is -1.11. The average Bonchev–Trinajstić information content (AvgIpc) is 2.69. The summed E-state index contributed by atoms with van der Waals surface area (Å²) in [5.74, 6) is 0.490. The van der Waals surface area contributed by atoms with Gasteiger partial charge in [0.15, 0.2) is 5.82 Å². The lowest BCUT2D eigenvalue weighted by atomic mass is 10.2. The zero-order valence-electron chi connectivity index (χ0n) is 7.51. The van der Waals surface area contributed by atoms with Gasteiger partial charge in [0.25, 0.3) is 0 Å². The molecule has 7 nitrogen and oxygen atoms in total. The third kappa shape index (κ3) is 2.08. The van der Waals surface area contributed by atoms with Gasteiger partial charge in [-0.1, -0.05) is 12.1 Å². The van der Waals surface area contributed by atoms with Crippen LogP contribution in [-0.2, 0) is 0 Å². The van der Waals surface area contributed by atoms with Crippen molar-refractivity contribution in [2.75, 3.05) is 5.32 Å². The first-order valence-electron chi connectivity index (χ1n) is 4.10. The van der Waals surface area contributed by atoms with E-state index in [0.717, 1.165) is 0 Å². The fourth-order valence-corrected chi connectivity index (χ4v) is 1.15. The molecule has 7 heteroatoms. The van der Waals surface area contributed by atoms with Gasteiger partial charge in [0.1, 0.15) is 0 Å². The van der Waals surface area contributed by atoms with Crippen LogP contribution in [0.1, 0.15) is 0 Å². The molecule has 1 heterocycles. The Kier molecular flexibility index (Phi) is 2.28. The molecule has 0 saturated carbocycles. The lowest BCUT2D eigenvalue weighted by Gasteiger charge is -2.01. The number of carbonyl (C=O) groups is 1. The van der Waals surface area contributed by atoms with Crippen LogP contribution in [0.3, 0.4) is 0 Å². The quantitative estimate of drug-likeness (QED) is 0.677. The summed E-state index contributed by atoms with van der Waals surface area (Å²) >= 11 is 0. The van der Waals surface area contributed by atoms with Gasteiger partial charge in [-0.05, 0) is 22.6 Å². The molecule has 3 N–H and O–H groups in total. The number of aromatic nitrogens is 4. The van der Waals surface area contributed by atoms with Crippen LogP contribution in [0.15, 0.2) is 24.3 Å². The minimum atomic E-state index is -1.11. The highest BCUT2D eigenvalue weighted by atomic mass is 16.4. The van der Waals surface area contributed by atoms with Gasteiger partial charge in [-0.25, -0.2) is 9.89 Å². The van der Waals surface area contributed by atoms with Gasteiger partial charge in [-0.2, -0.15) is 0 Å². The Balaban J connectivity index is 2.31. The fourth-order valence-electron chi connectivity index (χ4n) is 1.15. The van der Waals surface area contributed by atoms with Crippen molar-refractivity contribution in [3.8, 4) is 11.4 Å². The lowest BCUT2D eigenvalue weighted by Crippen LogP contribution is -2.06. The predicted molar refractivity (Wildman–Crippen MR) is 51.3 cm³/mol. The summed E-state index contributed by atoms with van der Waals surface area (Å²) in [6.45, 7) is 0. The van der Waals surface area contributed by atoms with Crippen molar-refractivity contribution < 1.29 is 9.90 Å². The van der Waals surface area contributed by atoms with E-state index in [-0.39, 0.29) is 0 Å². The first-order chi connectivity index (χ1) is 7.25. The van der Waals surface area contributed by atoms with Gasteiger partial charge in [0.2, 0.25) is 0 Å². The summed E-state index contributed by atoms with van der Waals surface area (Å²) < 4.78 is 0. The molecule has 1 aromatic carbocycles. The van der Waals surface area contributed by atoms with Crippen LogP contribution in [-0.4, -0.2) is 31.8 Å². The normalized spacial score (nSPS) is 9.87. The first kappa shape index (κ1) is 9.13. The third-order valence-corrected chi connectivity index (χ3v) is 1.73. The number of hydrogen-bond donors (Lipinski definition) is 3. The molecule has 0 fully saturated rings. The van der Waals surface area contributed by atoms with E-state index in [2.05, 4.69) is 25.9 Å². The molecule has 0 aliphatic carbocycles. The molecule has 0 atom stereocenters. The number of hydrogen-bond acceptors (Lipinski definition) is 4. The average molecular weight is 205 g/mol. The summed E-state index contributed by atoms with van der Waals surface area (Å²) in [7, 11) is 0. The second-order valence-corrected chi connectivity index (χ2v) is 2.76. The lowest BCUT2D eigenvalue weighted by molar-refractivity contribution is 0.210. The van der Waals surface area contributed by atoms with E-state index in [4.69, 9.17) is 5.11 Å². The van der Waals surface area contributed by atoms with E-state index >= 15 is 0 Å². The van der Waals surface area contributed by atoms with Crippen LogP contribution in [0.2, 0.25) is 0 Å². The van der Waals surface area contributed by atoms with E-state index in [1.807, 2.05) is 0 Å². The van der Waals surface area contributed by atoms with E-state index in [9.17, 15) is 4.79 Å². The number of anilines is 1. The molecule has 1 amide bonds. The smallest absolute Gasteiger partial charge is 0.409 e. The Morgan fingerprint density at radius 3 is 3.00 bits per heavy atom. The molecule has 2 rings (SSSR count). The van der Waals surface area contributed by atoms with Crippen molar-refractivity contribution >= 4 is 11.8 Å². The maximum atomic E-state index is 10.4. The minimum Gasteiger partial charge on any atom is -0.465 e. The number of aromatic amines is 1. The Morgan fingerprint density at radius 1 is 1.47 bits per heavy atom. The molecule has 76 valence electrons. The summed E-state index contributed by atoms with van der Waals surface area (Å²) in [5.41, 5.74) is 1.18. The van der Waals surface area contributed by atoms with Crippen molar-refractivity contribution in [2.24, 2.45) is 0 Å². The predicted octanol–water partition coefficient (Wildman–Crippen LogP) is 0.957. The van der Waals surface area contributed by atoms with Crippen LogP contribution in [0, 0.1) is 0 Å². The van der Waals surface area contributed by atoms with Gasteiger partial charge in [0, 0.05) is 11.3 Å². The summed E-state index contributed by atoms with van der Waals surface area (Å²) in [5, 5.41) is 23.9. The summed E-state index contributed by atoms with van der Waals surface area (Å²) in [6, 6.07) is 6.76. The van der Waals surface area contributed by atoms with Gasteiger partial charge < -0.3 is 5.11 Å². The van der Waals surface area contributed by atoms with Crippen molar-refractivity contribution in [3.63, 3.8) is 0 Å². The first-order valence-corrected chi connectivity index (χ1v) is 4.10. The van der Waals surface area contributed by atoms with Crippen LogP contribution in [0.5, 0.6) is 0 Å². The maximum Gasteiger partial charge on any atom is 0.409 e. The standard InChI is InChI=1S/C8H7N5O2/c14-8(15)9-6-3-1-2-5(4-6)7-10-12-13-11-7/h1-4,9H,(H,14,15)(H,10,11,12,13). The molecule has 0 saturated heterocycles. The number of tetrazole rings is 1. The topological polar surface area (TPSA) is 104 Å². The van der Waals surface area contributed by atoms with E-state index in [0.29, 0.717) is 17.1 Å². The molecule has 0 spiro atoms. The third-order valence-electron chi connectivity index (χ3n) is 1.73. The van der Waals surface area contributed by atoms with Crippen molar-refractivity contribution in [3.05, 3.63) is 24.3 Å². The Bertz CT molecular complexity index is 468. The monoisotopic (exact) mass is 205 g/mol.